The zero-order chi connectivity index (χ0) is 16.8. The van der Waals surface area contributed by atoms with Crippen LogP contribution in [-0.2, 0) is 20.7 Å². The zero-order valence-corrected chi connectivity index (χ0v) is 13.8. The SMILES string of the molecule is Cc1cccc(CC(=O)OCC(=O)Nc2cc(Cl)ccc2C)c1. The van der Waals surface area contributed by atoms with Crippen LogP contribution in [0.1, 0.15) is 16.7 Å². The lowest BCUT2D eigenvalue weighted by Gasteiger charge is -2.09. The lowest BCUT2D eigenvalue weighted by Crippen LogP contribution is -2.22. The van der Waals surface area contributed by atoms with Crippen molar-refractivity contribution in [3.8, 4) is 0 Å². The molecule has 0 heterocycles. The smallest absolute Gasteiger partial charge is 0.310 e. The third-order valence-corrected chi connectivity index (χ3v) is 3.50. The third-order valence-electron chi connectivity index (χ3n) is 3.27. The van der Waals surface area contributed by atoms with E-state index in [0.717, 1.165) is 16.7 Å². The van der Waals surface area contributed by atoms with Gasteiger partial charge in [0, 0.05) is 10.7 Å². The average Bonchev–Trinajstić information content (AvgIpc) is 2.49. The highest BCUT2D eigenvalue weighted by Crippen LogP contribution is 2.20. The van der Waals surface area contributed by atoms with Gasteiger partial charge in [-0.3, -0.25) is 9.59 Å². The Hall–Kier alpha value is -2.33. The first-order chi connectivity index (χ1) is 10.9. The van der Waals surface area contributed by atoms with Gasteiger partial charge in [0.1, 0.15) is 0 Å². The molecule has 5 heteroatoms. The minimum Gasteiger partial charge on any atom is -0.455 e. The van der Waals surface area contributed by atoms with E-state index in [0.29, 0.717) is 10.7 Å². The van der Waals surface area contributed by atoms with Gasteiger partial charge < -0.3 is 10.1 Å². The van der Waals surface area contributed by atoms with E-state index in [1.54, 1.807) is 12.1 Å². The first-order valence-electron chi connectivity index (χ1n) is 7.21. The number of aryl methyl sites for hydroxylation is 2. The normalized spacial score (nSPS) is 10.2. The van der Waals surface area contributed by atoms with Gasteiger partial charge in [-0.1, -0.05) is 47.5 Å². The molecule has 1 N–H and O–H groups in total. The van der Waals surface area contributed by atoms with Crippen LogP contribution in [0, 0.1) is 13.8 Å². The van der Waals surface area contributed by atoms with E-state index in [1.807, 2.05) is 44.2 Å². The van der Waals surface area contributed by atoms with Crippen molar-refractivity contribution in [1.82, 2.24) is 0 Å². The Morgan fingerprint density at radius 2 is 1.91 bits per heavy atom. The van der Waals surface area contributed by atoms with Crippen LogP contribution in [0.3, 0.4) is 0 Å². The summed E-state index contributed by atoms with van der Waals surface area (Å²) in [6, 6.07) is 12.8. The van der Waals surface area contributed by atoms with Gasteiger partial charge >= 0.3 is 5.97 Å². The summed E-state index contributed by atoms with van der Waals surface area (Å²) in [6.07, 6.45) is 0.144. The third kappa shape index (κ3) is 5.42. The molecule has 0 saturated carbocycles. The fourth-order valence-electron chi connectivity index (χ4n) is 2.10. The molecule has 0 bridgehead atoms. The summed E-state index contributed by atoms with van der Waals surface area (Å²) < 4.78 is 5.01. The second-order valence-electron chi connectivity index (χ2n) is 5.33. The summed E-state index contributed by atoms with van der Waals surface area (Å²) in [6.45, 7) is 3.49. The number of carbonyl (C=O) groups is 2. The van der Waals surface area contributed by atoms with Crippen molar-refractivity contribution < 1.29 is 14.3 Å². The van der Waals surface area contributed by atoms with Gasteiger partial charge in [0.2, 0.25) is 0 Å². The van der Waals surface area contributed by atoms with Crippen molar-refractivity contribution in [2.45, 2.75) is 20.3 Å². The van der Waals surface area contributed by atoms with Crippen LogP contribution in [0.25, 0.3) is 0 Å². The van der Waals surface area contributed by atoms with Gasteiger partial charge in [-0.15, -0.1) is 0 Å². The van der Waals surface area contributed by atoms with Crippen LogP contribution in [0.5, 0.6) is 0 Å². The van der Waals surface area contributed by atoms with Gasteiger partial charge in [-0.05, 0) is 37.1 Å². The fraction of sp³-hybridized carbons (Fsp3) is 0.222. The molecule has 0 aliphatic rings. The monoisotopic (exact) mass is 331 g/mol. The topological polar surface area (TPSA) is 55.4 Å². The molecule has 2 aromatic rings. The first-order valence-corrected chi connectivity index (χ1v) is 7.59. The molecule has 0 spiro atoms. The Labute approximate surface area is 140 Å². The van der Waals surface area contributed by atoms with E-state index >= 15 is 0 Å². The average molecular weight is 332 g/mol. The van der Waals surface area contributed by atoms with E-state index in [2.05, 4.69) is 5.32 Å². The number of ether oxygens (including phenoxy) is 1. The van der Waals surface area contributed by atoms with Gasteiger partial charge in [0.05, 0.1) is 6.42 Å². The number of carbonyl (C=O) groups excluding carboxylic acids is 2. The molecule has 0 fully saturated rings. The summed E-state index contributed by atoms with van der Waals surface area (Å²) in [5.74, 6) is -0.832. The maximum Gasteiger partial charge on any atom is 0.310 e. The van der Waals surface area contributed by atoms with E-state index in [4.69, 9.17) is 16.3 Å². The molecule has 0 aliphatic carbocycles. The first kappa shape index (κ1) is 17.0. The number of benzene rings is 2. The summed E-state index contributed by atoms with van der Waals surface area (Å²) in [7, 11) is 0. The lowest BCUT2D eigenvalue weighted by atomic mass is 10.1. The summed E-state index contributed by atoms with van der Waals surface area (Å²) in [4.78, 5) is 23.6. The van der Waals surface area contributed by atoms with Crippen LogP contribution < -0.4 is 5.32 Å². The van der Waals surface area contributed by atoms with Crippen molar-refractivity contribution in [1.29, 1.82) is 0 Å². The number of halogens is 1. The number of hydrogen-bond acceptors (Lipinski definition) is 3. The van der Waals surface area contributed by atoms with Gasteiger partial charge in [0.15, 0.2) is 6.61 Å². The van der Waals surface area contributed by atoms with E-state index in [9.17, 15) is 9.59 Å². The largest absolute Gasteiger partial charge is 0.455 e. The van der Waals surface area contributed by atoms with Crippen LogP contribution >= 0.6 is 11.6 Å². The predicted molar refractivity (Wildman–Crippen MR) is 90.7 cm³/mol. The Morgan fingerprint density at radius 1 is 1.13 bits per heavy atom. The predicted octanol–water partition coefficient (Wildman–Crippen LogP) is 3.68. The molecule has 0 aliphatic heterocycles. The zero-order valence-electron chi connectivity index (χ0n) is 13.1. The number of hydrogen-bond donors (Lipinski definition) is 1. The highest BCUT2D eigenvalue weighted by Gasteiger charge is 2.10. The Morgan fingerprint density at radius 3 is 2.65 bits per heavy atom. The molecular formula is C18H18ClNO3. The van der Waals surface area contributed by atoms with Crippen molar-refractivity contribution >= 4 is 29.2 Å². The summed E-state index contributed by atoms with van der Waals surface area (Å²) in [5.41, 5.74) is 3.43. The highest BCUT2D eigenvalue weighted by molar-refractivity contribution is 6.31. The maximum absolute atomic E-state index is 11.9. The Balaban J connectivity index is 1.84. The summed E-state index contributed by atoms with van der Waals surface area (Å²) >= 11 is 5.89. The van der Waals surface area contributed by atoms with Crippen LogP contribution in [-0.4, -0.2) is 18.5 Å². The van der Waals surface area contributed by atoms with Gasteiger partial charge in [-0.2, -0.15) is 0 Å². The second-order valence-corrected chi connectivity index (χ2v) is 5.77. The molecule has 0 atom stereocenters. The molecule has 0 unspecified atom stereocenters. The van der Waals surface area contributed by atoms with Crippen molar-refractivity contribution in [3.63, 3.8) is 0 Å². The number of nitrogens with one attached hydrogen (secondary N) is 1. The van der Waals surface area contributed by atoms with E-state index in [1.165, 1.54) is 0 Å². The second kappa shape index (κ2) is 7.79. The molecule has 4 nitrogen and oxygen atoms in total. The highest BCUT2D eigenvalue weighted by atomic mass is 35.5. The van der Waals surface area contributed by atoms with E-state index in [-0.39, 0.29) is 13.0 Å². The minimum absolute atomic E-state index is 0.144. The standard InChI is InChI=1S/C18H18ClNO3/c1-12-4-3-5-14(8-12)9-18(22)23-11-17(21)20-16-10-15(19)7-6-13(16)2/h3-8,10H,9,11H2,1-2H3,(H,20,21). The number of rotatable bonds is 5. The fourth-order valence-corrected chi connectivity index (χ4v) is 2.27. The number of esters is 1. The number of amides is 1. The van der Waals surface area contributed by atoms with Crippen LogP contribution in [0.15, 0.2) is 42.5 Å². The number of anilines is 1. The minimum atomic E-state index is -0.437. The van der Waals surface area contributed by atoms with Crippen LogP contribution in [0.2, 0.25) is 5.02 Å². The molecule has 1 amide bonds. The Bertz CT molecular complexity index is 728. The molecule has 2 aromatic carbocycles. The Kier molecular flexibility index (Phi) is 5.77. The quantitative estimate of drug-likeness (QED) is 0.850. The molecule has 0 radical (unpaired) electrons. The van der Waals surface area contributed by atoms with Crippen molar-refractivity contribution in [2.75, 3.05) is 11.9 Å². The molecular weight excluding hydrogens is 314 g/mol. The summed E-state index contributed by atoms with van der Waals surface area (Å²) in [5, 5.41) is 3.21. The molecule has 2 rings (SSSR count). The maximum atomic E-state index is 11.9. The molecule has 120 valence electrons. The molecule has 0 aromatic heterocycles. The molecule has 23 heavy (non-hydrogen) atoms. The van der Waals surface area contributed by atoms with Crippen LogP contribution in [0.4, 0.5) is 5.69 Å². The lowest BCUT2D eigenvalue weighted by molar-refractivity contribution is -0.146. The van der Waals surface area contributed by atoms with E-state index < -0.39 is 11.9 Å². The van der Waals surface area contributed by atoms with Gasteiger partial charge in [0.25, 0.3) is 5.91 Å². The van der Waals surface area contributed by atoms with Gasteiger partial charge in [-0.25, -0.2) is 0 Å². The van der Waals surface area contributed by atoms with Crippen molar-refractivity contribution in [2.24, 2.45) is 0 Å². The van der Waals surface area contributed by atoms with Crippen molar-refractivity contribution in [3.05, 3.63) is 64.2 Å². The molecule has 0 saturated heterocycles.